The third-order valence-corrected chi connectivity index (χ3v) is 5.67. The van der Waals surface area contributed by atoms with Crippen LogP contribution in [-0.2, 0) is 0 Å². The molecule has 1 aliphatic carbocycles. The van der Waals surface area contributed by atoms with Gasteiger partial charge in [0.2, 0.25) is 0 Å². The van der Waals surface area contributed by atoms with Crippen LogP contribution in [0.1, 0.15) is 67.7 Å². The van der Waals surface area contributed by atoms with E-state index in [-0.39, 0.29) is 0 Å². The molecule has 0 N–H and O–H groups in total. The van der Waals surface area contributed by atoms with E-state index in [1.54, 1.807) is 5.57 Å². The first-order valence-corrected chi connectivity index (χ1v) is 7.44. The zero-order valence-electron chi connectivity index (χ0n) is 13.0. The van der Waals surface area contributed by atoms with Crippen molar-refractivity contribution in [1.29, 1.82) is 0 Å². The van der Waals surface area contributed by atoms with Crippen molar-refractivity contribution in [2.24, 2.45) is 29.1 Å². The van der Waals surface area contributed by atoms with Crippen LogP contribution in [0, 0.1) is 29.1 Å². The lowest BCUT2D eigenvalue weighted by molar-refractivity contribution is 0.220. The van der Waals surface area contributed by atoms with Crippen LogP contribution in [0.3, 0.4) is 0 Å². The van der Waals surface area contributed by atoms with E-state index in [1.807, 2.05) is 0 Å². The Morgan fingerprint density at radius 1 is 1.24 bits per heavy atom. The molecule has 3 unspecified atom stereocenters. The second-order valence-corrected chi connectivity index (χ2v) is 7.20. The predicted octanol–water partition coefficient (Wildman–Crippen LogP) is 5.69. The number of allylic oxidation sites excluding steroid dienone is 2. The van der Waals surface area contributed by atoms with E-state index in [0.29, 0.717) is 5.41 Å². The van der Waals surface area contributed by atoms with E-state index in [1.165, 1.54) is 19.3 Å². The van der Waals surface area contributed by atoms with Crippen molar-refractivity contribution in [3.8, 4) is 0 Å². The summed E-state index contributed by atoms with van der Waals surface area (Å²) in [5.41, 5.74) is 2.05. The van der Waals surface area contributed by atoms with Crippen molar-refractivity contribution in [2.75, 3.05) is 0 Å². The lowest BCUT2D eigenvalue weighted by atomic mass is 9.73. The van der Waals surface area contributed by atoms with Gasteiger partial charge in [-0.1, -0.05) is 59.6 Å². The van der Waals surface area contributed by atoms with Gasteiger partial charge in [0.25, 0.3) is 0 Å². The zero-order valence-corrected chi connectivity index (χ0v) is 13.0. The van der Waals surface area contributed by atoms with Gasteiger partial charge in [-0.2, -0.15) is 0 Å². The fourth-order valence-electron chi connectivity index (χ4n) is 3.06. The highest BCUT2D eigenvalue weighted by Crippen LogP contribution is 2.45. The van der Waals surface area contributed by atoms with Crippen LogP contribution in [0.15, 0.2) is 11.6 Å². The first-order valence-electron chi connectivity index (χ1n) is 7.44. The molecule has 0 aromatic carbocycles. The molecule has 0 fully saturated rings. The fraction of sp³-hybridized carbons (Fsp3) is 0.882. The van der Waals surface area contributed by atoms with Gasteiger partial charge in [0.15, 0.2) is 0 Å². The summed E-state index contributed by atoms with van der Waals surface area (Å²) in [6.45, 7) is 16.7. The van der Waals surface area contributed by atoms with Crippen LogP contribution in [-0.4, -0.2) is 0 Å². The molecule has 17 heavy (non-hydrogen) atoms. The molecular formula is C17H32. The van der Waals surface area contributed by atoms with Crippen molar-refractivity contribution in [2.45, 2.75) is 67.7 Å². The summed E-state index contributed by atoms with van der Waals surface area (Å²) in [7, 11) is 0. The average molecular weight is 236 g/mol. The quantitative estimate of drug-likeness (QED) is 0.538. The summed E-state index contributed by atoms with van der Waals surface area (Å²) in [5, 5.41) is 0. The lowest BCUT2D eigenvalue weighted by Gasteiger charge is -2.32. The molecule has 0 amide bonds. The Balaban J connectivity index is 2.43. The van der Waals surface area contributed by atoms with E-state index < -0.39 is 0 Å². The largest absolute Gasteiger partial charge is 0.0848 e. The van der Waals surface area contributed by atoms with E-state index >= 15 is 0 Å². The molecule has 0 radical (unpaired) electrons. The molecule has 0 aromatic rings. The highest BCUT2D eigenvalue weighted by atomic mass is 14.4. The van der Waals surface area contributed by atoms with Gasteiger partial charge in [0.05, 0.1) is 0 Å². The molecule has 0 bridgehead atoms. The summed E-state index contributed by atoms with van der Waals surface area (Å²) in [4.78, 5) is 0. The Morgan fingerprint density at radius 3 is 2.24 bits per heavy atom. The smallest absolute Gasteiger partial charge is 0.0116 e. The highest BCUT2D eigenvalue weighted by molar-refractivity contribution is 5.18. The van der Waals surface area contributed by atoms with Crippen LogP contribution in [0.2, 0.25) is 0 Å². The minimum absolute atomic E-state index is 0.445. The second kappa shape index (κ2) is 5.59. The molecule has 0 heteroatoms. The highest BCUT2D eigenvalue weighted by Gasteiger charge is 2.34. The van der Waals surface area contributed by atoms with Gasteiger partial charge < -0.3 is 0 Å². The van der Waals surface area contributed by atoms with E-state index in [2.05, 4.69) is 54.5 Å². The predicted molar refractivity (Wildman–Crippen MR) is 78.0 cm³/mol. The third kappa shape index (κ3) is 3.36. The molecular weight excluding hydrogens is 204 g/mol. The number of hydrogen-bond donors (Lipinski definition) is 0. The van der Waals surface area contributed by atoms with Crippen molar-refractivity contribution >= 4 is 0 Å². The van der Waals surface area contributed by atoms with Gasteiger partial charge in [-0.15, -0.1) is 0 Å². The number of rotatable bonds is 5. The maximum absolute atomic E-state index is 2.46. The van der Waals surface area contributed by atoms with Gasteiger partial charge in [-0.05, 0) is 48.9 Å². The molecule has 3 atom stereocenters. The molecule has 0 heterocycles. The van der Waals surface area contributed by atoms with Crippen LogP contribution < -0.4 is 0 Å². The van der Waals surface area contributed by atoms with E-state index in [4.69, 9.17) is 0 Å². The SMILES string of the molecule is CC1=CCC(CCC(C)C(C)C(C)C)C1(C)C. The van der Waals surface area contributed by atoms with E-state index in [0.717, 1.165) is 23.7 Å². The van der Waals surface area contributed by atoms with Gasteiger partial charge in [0.1, 0.15) is 0 Å². The normalized spacial score (nSPS) is 27.1. The maximum Gasteiger partial charge on any atom is -0.0116 e. The first-order chi connectivity index (χ1) is 7.76. The number of hydrogen-bond acceptors (Lipinski definition) is 0. The Hall–Kier alpha value is -0.260. The topological polar surface area (TPSA) is 0 Å². The fourth-order valence-corrected chi connectivity index (χ4v) is 3.06. The van der Waals surface area contributed by atoms with Crippen molar-refractivity contribution in [1.82, 2.24) is 0 Å². The molecule has 0 aliphatic heterocycles. The maximum atomic E-state index is 2.46. The van der Waals surface area contributed by atoms with Gasteiger partial charge >= 0.3 is 0 Å². The van der Waals surface area contributed by atoms with Crippen LogP contribution in [0.4, 0.5) is 0 Å². The van der Waals surface area contributed by atoms with Gasteiger partial charge in [0, 0.05) is 0 Å². The zero-order chi connectivity index (χ0) is 13.2. The average Bonchev–Trinajstić information content (AvgIpc) is 2.50. The first kappa shape index (κ1) is 14.8. The Bertz CT molecular complexity index is 270. The van der Waals surface area contributed by atoms with Crippen molar-refractivity contribution in [3.05, 3.63) is 11.6 Å². The van der Waals surface area contributed by atoms with Crippen LogP contribution in [0.25, 0.3) is 0 Å². The molecule has 0 saturated carbocycles. The monoisotopic (exact) mass is 236 g/mol. The lowest BCUT2D eigenvalue weighted by Crippen LogP contribution is -2.22. The summed E-state index contributed by atoms with van der Waals surface area (Å²) in [5.74, 6) is 3.42. The van der Waals surface area contributed by atoms with Crippen molar-refractivity contribution in [3.63, 3.8) is 0 Å². The third-order valence-electron chi connectivity index (χ3n) is 5.67. The Morgan fingerprint density at radius 2 is 1.82 bits per heavy atom. The van der Waals surface area contributed by atoms with Gasteiger partial charge in [-0.25, -0.2) is 0 Å². The van der Waals surface area contributed by atoms with Gasteiger partial charge in [-0.3, -0.25) is 0 Å². The Kier molecular flexibility index (Phi) is 4.86. The minimum atomic E-state index is 0.445. The molecule has 0 spiro atoms. The summed E-state index contributed by atoms with van der Waals surface area (Å²) in [6.07, 6.45) is 6.57. The molecule has 0 nitrogen and oxygen atoms in total. The molecule has 1 aliphatic rings. The van der Waals surface area contributed by atoms with Crippen molar-refractivity contribution < 1.29 is 0 Å². The standard InChI is InChI=1S/C17H32/c1-12(2)15(5)13(3)8-10-16-11-9-14(4)17(16,6)7/h9,12-13,15-16H,8,10-11H2,1-7H3. The Labute approximate surface area is 109 Å². The van der Waals surface area contributed by atoms with Crippen LogP contribution in [0.5, 0.6) is 0 Å². The van der Waals surface area contributed by atoms with E-state index in [9.17, 15) is 0 Å². The summed E-state index contributed by atoms with van der Waals surface area (Å²) >= 11 is 0. The summed E-state index contributed by atoms with van der Waals surface area (Å²) in [6, 6.07) is 0. The van der Waals surface area contributed by atoms with Crippen LogP contribution >= 0.6 is 0 Å². The second-order valence-electron chi connectivity index (χ2n) is 7.20. The molecule has 100 valence electrons. The minimum Gasteiger partial charge on any atom is -0.0848 e. The summed E-state index contributed by atoms with van der Waals surface area (Å²) < 4.78 is 0. The molecule has 0 saturated heterocycles. The molecule has 1 rings (SSSR count). The molecule has 0 aromatic heterocycles.